The highest BCUT2D eigenvalue weighted by Crippen LogP contribution is 2.37. The number of aromatic nitrogens is 4. The summed E-state index contributed by atoms with van der Waals surface area (Å²) >= 11 is 0. The molecule has 0 aromatic carbocycles. The Hall–Kier alpha value is -3.36. The fraction of sp³-hybridized carbons (Fsp3) is 0.400. The zero-order chi connectivity index (χ0) is 20.5. The van der Waals surface area contributed by atoms with Gasteiger partial charge in [-0.15, -0.1) is 0 Å². The zero-order valence-electron chi connectivity index (χ0n) is 16.8. The molecule has 0 saturated carbocycles. The molecule has 0 spiro atoms. The van der Waals surface area contributed by atoms with Gasteiger partial charge >= 0.3 is 5.69 Å². The van der Waals surface area contributed by atoms with Crippen molar-refractivity contribution in [3.05, 3.63) is 40.4 Å². The molecule has 0 fully saturated rings. The molecule has 9 nitrogen and oxygen atoms in total. The molecule has 1 amide bonds. The Balaban J connectivity index is 1.85. The Kier molecular flexibility index (Phi) is 3.56. The minimum absolute atomic E-state index is 0.0897. The number of nitrogens with zero attached hydrogens (tertiary/aromatic N) is 5. The molecule has 5 rings (SSSR count). The fourth-order valence-corrected chi connectivity index (χ4v) is 4.09. The van der Waals surface area contributed by atoms with E-state index in [0.717, 1.165) is 6.42 Å². The van der Waals surface area contributed by atoms with Crippen LogP contribution < -0.4 is 15.3 Å². The van der Waals surface area contributed by atoms with Gasteiger partial charge in [0.2, 0.25) is 0 Å². The van der Waals surface area contributed by atoms with Crippen molar-refractivity contribution >= 4 is 22.9 Å². The van der Waals surface area contributed by atoms with E-state index in [1.165, 1.54) is 4.57 Å². The molecule has 9 heteroatoms. The number of hydrogen-bond donors (Lipinski definition) is 1. The minimum Gasteiger partial charge on any atom is -0.488 e. The van der Waals surface area contributed by atoms with Crippen molar-refractivity contribution in [2.75, 3.05) is 18.5 Å². The van der Waals surface area contributed by atoms with E-state index >= 15 is 0 Å². The Labute approximate surface area is 166 Å². The number of carbonyl (C=O) groups is 1. The van der Waals surface area contributed by atoms with Gasteiger partial charge in [0.05, 0.1) is 11.7 Å². The molecular weight excluding hydrogens is 372 g/mol. The van der Waals surface area contributed by atoms with Gasteiger partial charge in [-0.25, -0.2) is 19.3 Å². The lowest BCUT2D eigenvalue weighted by Crippen LogP contribution is -2.61. The lowest BCUT2D eigenvalue weighted by molar-refractivity contribution is 0.0581. The van der Waals surface area contributed by atoms with Gasteiger partial charge in [-0.1, -0.05) is 0 Å². The molecule has 1 atom stereocenters. The topological polar surface area (TPSA) is 96.4 Å². The summed E-state index contributed by atoms with van der Waals surface area (Å²) < 4.78 is 7.66. The molecule has 0 unspecified atom stereocenters. The number of carbonyl (C=O) groups excluding carboxylic acids is 1. The van der Waals surface area contributed by atoms with Crippen molar-refractivity contribution in [3.63, 3.8) is 0 Å². The van der Waals surface area contributed by atoms with Crippen molar-refractivity contribution in [2.24, 2.45) is 0 Å². The van der Waals surface area contributed by atoms with Gasteiger partial charge in [-0.05, 0) is 32.9 Å². The summed E-state index contributed by atoms with van der Waals surface area (Å²) in [4.78, 5) is 41.4. The normalized spacial score (nSPS) is 20.4. The van der Waals surface area contributed by atoms with E-state index in [9.17, 15) is 9.59 Å². The number of nitrogens with one attached hydrogen (secondary N) is 1. The Morgan fingerprint density at radius 3 is 2.83 bits per heavy atom. The van der Waals surface area contributed by atoms with Crippen molar-refractivity contribution in [1.29, 1.82) is 0 Å². The van der Waals surface area contributed by atoms with Crippen LogP contribution in [0.5, 0.6) is 5.75 Å². The highest BCUT2D eigenvalue weighted by Gasteiger charge is 2.42. The molecule has 5 heterocycles. The van der Waals surface area contributed by atoms with Gasteiger partial charge in [-0.2, -0.15) is 0 Å². The van der Waals surface area contributed by atoms with Crippen LogP contribution in [-0.4, -0.2) is 55.7 Å². The zero-order valence-corrected chi connectivity index (χ0v) is 16.8. The van der Waals surface area contributed by atoms with Crippen LogP contribution in [0.1, 0.15) is 37.6 Å². The van der Waals surface area contributed by atoms with Crippen LogP contribution in [0.3, 0.4) is 0 Å². The number of H-pyrrole nitrogens is 1. The number of fused-ring (bicyclic) bond motifs is 2. The smallest absolute Gasteiger partial charge is 0.333 e. The van der Waals surface area contributed by atoms with E-state index in [1.54, 1.807) is 36.3 Å². The third-order valence-corrected chi connectivity index (χ3v) is 5.99. The first-order valence-electron chi connectivity index (χ1n) is 9.62. The van der Waals surface area contributed by atoms with E-state index in [2.05, 4.69) is 14.9 Å². The summed E-state index contributed by atoms with van der Waals surface area (Å²) in [5, 5.41) is 0. The predicted octanol–water partition coefficient (Wildman–Crippen LogP) is 1.91. The number of pyridine rings is 2. The van der Waals surface area contributed by atoms with Crippen molar-refractivity contribution in [3.8, 4) is 11.6 Å². The Bertz CT molecular complexity index is 1210. The molecule has 150 valence electrons. The van der Waals surface area contributed by atoms with Gasteiger partial charge in [0.15, 0.2) is 5.65 Å². The molecule has 2 bridgehead atoms. The quantitative estimate of drug-likeness (QED) is 0.626. The van der Waals surface area contributed by atoms with Crippen molar-refractivity contribution < 1.29 is 9.53 Å². The largest absolute Gasteiger partial charge is 0.488 e. The Morgan fingerprint density at radius 2 is 2.03 bits per heavy atom. The van der Waals surface area contributed by atoms with E-state index < -0.39 is 5.66 Å². The average Bonchev–Trinajstić information content (AvgIpc) is 3.01. The fourth-order valence-electron chi connectivity index (χ4n) is 4.09. The first-order valence-corrected chi connectivity index (χ1v) is 9.62. The number of rotatable bonds is 0. The number of imidazole rings is 1. The summed E-state index contributed by atoms with van der Waals surface area (Å²) in [5.74, 6) is 1.49. The highest BCUT2D eigenvalue weighted by molar-refractivity contribution is 6.01. The number of anilines is 1. The summed E-state index contributed by atoms with van der Waals surface area (Å²) in [6, 6.07) is 5.18. The molecule has 0 radical (unpaired) electrons. The standard InChI is InChI=1S/C20H22N6O3/c1-11-8-10-25-17-12(18(27)24(4)20(25,2)3)5-6-14(22-17)26-15-13(29-11)7-9-21-16(15)23-19(26)28/h5-7,9,11H,8,10H2,1-4H3,(H,21,23,28)/t11-/m0/s1. The highest BCUT2D eigenvalue weighted by atomic mass is 16.5. The van der Waals surface area contributed by atoms with Crippen molar-refractivity contribution in [2.45, 2.75) is 39.0 Å². The van der Waals surface area contributed by atoms with Gasteiger partial charge in [-0.3, -0.25) is 9.78 Å². The Morgan fingerprint density at radius 1 is 1.24 bits per heavy atom. The second-order valence-electron chi connectivity index (χ2n) is 8.04. The summed E-state index contributed by atoms with van der Waals surface area (Å²) in [6.07, 6.45) is 2.22. The lowest BCUT2D eigenvalue weighted by Gasteiger charge is -2.49. The van der Waals surface area contributed by atoms with Crippen LogP contribution >= 0.6 is 0 Å². The number of hydrogen-bond acceptors (Lipinski definition) is 6. The molecule has 0 saturated heterocycles. The predicted molar refractivity (Wildman–Crippen MR) is 108 cm³/mol. The minimum atomic E-state index is -0.573. The maximum atomic E-state index is 13.0. The number of aromatic amines is 1. The van der Waals surface area contributed by atoms with Gasteiger partial charge in [0.25, 0.3) is 5.91 Å². The van der Waals surface area contributed by atoms with E-state index in [1.807, 2.05) is 20.8 Å². The van der Waals surface area contributed by atoms with E-state index in [0.29, 0.717) is 40.7 Å². The van der Waals surface area contributed by atoms with Crippen LogP contribution in [0.15, 0.2) is 29.2 Å². The van der Waals surface area contributed by atoms with Crippen LogP contribution in [0.4, 0.5) is 5.82 Å². The SMILES string of the molecule is C[C@H]1CCN2c3nc(ccc3C(=O)N(C)C2(C)C)-n2c(=O)[nH]c3nccc(c32)O1. The first-order chi connectivity index (χ1) is 13.8. The molecule has 2 aliphatic heterocycles. The maximum absolute atomic E-state index is 13.0. The average molecular weight is 394 g/mol. The van der Waals surface area contributed by atoms with Crippen molar-refractivity contribution in [1.82, 2.24) is 24.4 Å². The summed E-state index contributed by atoms with van der Waals surface area (Å²) in [5.41, 5.74) is 0.578. The molecule has 2 aliphatic rings. The lowest BCUT2D eigenvalue weighted by atomic mass is 10.0. The van der Waals surface area contributed by atoms with Gasteiger partial charge < -0.3 is 14.5 Å². The van der Waals surface area contributed by atoms with Gasteiger partial charge in [0, 0.05) is 32.3 Å². The summed E-state index contributed by atoms with van der Waals surface area (Å²) in [6.45, 7) is 6.63. The molecule has 0 aliphatic carbocycles. The number of ether oxygens (including phenoxy) is 1. The number of amides is 1. The molecule has 3 aromatic rings. The third-order valence-electron chi connectivity index (χ3n) is 5.99. The van der Waals surface area contributed by atoms with Gasteiger partial charge in [0.1, 0.15) is 28.6 Å². The van der Waals surface area contributed by atoms with Crippen LogP contribution in [0, 0.1) is 0 Å². The second-order valence-corrected chi connectivity index (χ2v) is 8.04. The monoisotopic (exact) mass is 394 g/mol. The van der Waals surface area contributed by atoms with E-state index in [4.69, 9.17) is 9.72 Å². The van der Waals surface area contributed by atoms with E-state index in [-0.39, 0.29) is 17.7 Å². The molecule has 3 aromatic heterocycles. The molecule has 29 heavy (non-hydrogen) atoms. The second kappa shape index (κ2) is 5.82. The molecule has 1 N–H and O–H groups in total. The molecular formula is C20H22N6O3. The van der Waals surface area contributed by atoms with Crippen LogP contribution in [-0.2, 0) is 0 Å². The summed E-state index contributed by atoms with van der Waals surface area (Å²) in [7, 11) is 1.80. The maximum Gasteiger partial charge on any atom is 0.333 e. The van der Waals surface area contributed by atoms with Crippen LogP contribution in [0.2, 0.25) is 0 Å². The third kappa shape index (κ3) is 2.39. The van der Waals surface area contributed by atoms with Crippen LogP contribution in [0.25, 0.3) is 17.0 Å². The first kappa shape index (κ1) is 17.7.